The molecule has 5 rings (SSSR count). The first-order valence-electron chi connectivity index (χ1n) is 10.4. The van der Waals surface area contributed by atoms with Crippen LogP contribution in [0.15, 0.2) is 60.7 Å². The molecule has 1 aliphatic rings. The second-order valence-corrected chi connectivity index (χ2v) is 10.8. The molecule has 0 bridgehead atoms. The molecule has 4 aromatic rings. The van der Waals surface area contributed by atoms with E-state index < -0.39 is 12.1 Å². The summed E-state index contributed by atoms with van der Waals surface area (Å²) in [7, 11) is 0. The zero-order chi connectivity index (χ0) is 25.4. The highest BCUT2D eigenvalue weighted by Gasteiger charge is 2.53. The quantitative estimate of drug-likeness (QED) is 0.201. The number of carbonyl (C=O) groups is 1. The number of ether oxygens (including phenoxy) is 2. The van der Waals surface area contributed by atoms with Gasteiger partial charge in [0.2, 0.25) is 11.2 Å². The number of amides is 1. The van der Waals surface area contributed by atoms with Gasteiger partial charge < -0.3 is 9.47 Å². The first-order chi connectivity index (χ1) is 17.3. The molecule has 1 aromatic heterocycles. The number of hydrogen-bond donors (Lipinski definition) is 0. The zero-order valence-electron chi connectivity index (χ0n) is 18.0. The van der Waals surface area contributed by atoms with Crippen LogP contribution < -0.4 is 14.4 Å². The minimum absolute atomic E-state index is 0.109. The van der Waals surface area contributed by atoms with Crippen LogP contribution in [0.4, 0.5) is 5.13 Å². The summed E-state index contributed by atoms with van der Waals surface area (Å²) in [6, 6.07) is 16.4. The molecule has 1 fully saturated rings. The second-order valence-electron chi connectivity index (χ2n) is 7.63. The first kappa shape index (κ1) is 25.4. The number of nitrogens with zero attached hydrogens (tertiary/aromatic N) is 3. The number of rotatable bonds is 7. The fourth-order valence-electron chi connectivity index (χ4n) is 3.65. The first-order valence-corrected chi connectivity index (χ1v) is 13.1. The molecule has 1 aliphatic heterocycles. The van der Waals surface area contributed by atoms with Crippen LogP contribution >= 0.6 is 69.3 Å². The van der Waals surface area contributed by atoms with Gasteiger partial charge in [-0.25, -0.2) is 0 Å². The zero-order valence-corrected chi connectivity index (χ0v) is 22.6. The van der Waals surface area contributed by atoms with Gasteiger partial charge in [0.1, 0.15) is 24.1 Å². The summed E-state index contributed by atoms with van der Waals surface area (Å²) in [5.41, 5.74) is 0.704. The van der Waals surface area contributed by atoms with Crippen molar-refractivity contribution in [2.24, 2.45) is 0 Å². The predicted octanol–water partition coefficient (Wildman–Crippen LogP) is 7.92. The Kier molecular flexibility index (Phi) is 7.49. The molecule has 12 heteroatoms. The van der Waals surface area contributed by atoms with Crippen LogP contribution in [0.5, 0.6) is 11.5 Å². The molecule has 2 heterocycles. The lowest BCUT2D eigenvalue weighted by Gasteiger charge is -2.45. The second kappa shape index (κ2) is 10.6. The molecule has 0 radical (unpaired) electrons. The average Bonchev–Trinajstić information content (AvgIpc) is 3.30. The number of carbonyl (C=O) groups excluding carboxylic acids is 1. The maximum Gasteiger partial charge on any atom is 0.273 e. The van der Waals surface area contributed by atoms with Crippen LogP contribution in [0, 0.1) is 0 Å². The van der Waals surface area contributed by atoms with E-state index in [2.05, 4.69) is 10.2 Å². The van der Waals surface area contributed by atoms with E-state index >= 15 is 0 Å². The third-order valence-electron chi connectivity index (χ3n) is 5.32. The summed E-state index contributed by atoms with van der Waals surface area (Å²) in [5.74, 6) is 0.484. The van der Waals surface area contributed by atoms with Gasteiger partial charge in [-0.15, -0.1) is 10.2 Å². The molecule has 6 nitrogen and oxygen atoms in total. The van der Waals surface area contributed by atoms with Gasteiger partial charge in [-0.3, -0.25) is 9.69 Å². The lowest BCUT2D eigenvalue weighted by atomic mass is 9.91. The van der Waals surface area contributed by atoms with Gasteiger partial charge >= 0.3 is 0 Å². The van der Waals surface area contributed by atoms with Crippen molar-refractivity contribution in [1.82, 2.24) is 10.2 Å². The Balaban J connectivity index is 1.39. The monoisotopic (exact) mass is 599 g/mol. The molecule has 36 heavy (non-hydrogen) atoms. The van der Waals surface area contributed by atoms with Crippen LogP contribution in [-0.4, -0.2) is 22.2 Å². The van der Waals surface area contributed by atoms with E-state index in [9.17, 15) is 4.79 Å². The van der Waals surface area contributed by atoms with Crippen molar-refractivity contribution < 1.29 is 14.3 Å². The van der Waals surface area contributed by atoms with Crippen molar-refractivity contribution in [2.75, 3.05) is 4.90 Å². The highest BCUT2D eigenvalue weighted by Crippen LogP contribution is 2.45. The van der Waals surface area contributed by atoms with E-state index in [0.29, 0.717) is 52.3 Å². The molecule has 184 valence electrons. The van der Waals surface area contributed by atoms with Gasteiger partial charge in [-0.1, -0.05) is 87.5 Å². The summed E-state index contributed by atoms with van der Waals surface area (Å²) >= 11 is 32.1. The van der Waals surface area contributed by atoms with Crippen molar-refractivity contribution in [3.63, 3.8) is 0 Å². The van der Waals surface area contributed by atoms with Crippen molar-refractivity contribution in [1.29, 1.82) is 0 Å². The SMILES string of the molecule is O=C1C(Oc2ccc(Cl)cc2Cl)C(c2ccccc2Cl)N1c1nnc(COc2ccc(Cl)cc2Cl)s1. The van der Waals surface area contributed by atoms with E-state index in [1.807, 2.05) is 18.2 Å². The van der Waals surface area contributed by atoms with Gasteiger partial charge in [-0.2, -0.15) is 0 Å². The highest BCUT2D eigenvalue weighted by atomic mass is 35.5. The number of β-lactam (4-membered cyclic amide) rings is 1. The Bertz CT molecular complexity index is 1450. The Labute approximate surface area is 235 Å². The lowest BCUT2D eigenvalue weighted by molar-refractivity contribution is -0.135. The number of halogens is 5. The van der Waals surface area contributed by atoms with Gasteiger partial charge in [0.15, 0.2) is 5.01 Å². The lowest BCUT2D eigenvalue weighted by Crippen LogP contribution is -2.61. The summed E-state index contributed by atoms with van der Waals surface area (Å²) in [6.45, 7) is 0.109. The number of aromatic nitrogens is 2. The topological polar surface area (TPSA) is 64.5 Å². The summed E-state index contributed by atoms with van der Waals surface area (Å²) in [5, 5.41) is 11.4. The summed E-state index contributed by atoms with van der Waals surface area (Å²) in [6.07, 6.45) is -0.875. The van der Waals surface area contributed by atoms with Crippen molar-refractivity contribution in [3.05, 3.63) is 96.3 Å². The van der Waals surface area contributed by atoms with Crippen LogP contribution in [0.2, 0.25) is 25.1 Å². The largest absolute Gasteiger partial charge is 0.485 e. The van der Waals surface area contributed by atoms with Gasteiger partial charge in [0.25, 0.3) is 5.91 Å². The highest BCUT2D eigenvalue weighted by molar-refractivity contribution is 7.15. The van der Waals surface area contributed by atoms with Crippen LogP contribution in [-0.2, 0) is 11.4 Å². The maximum absolute atomic E-state index is 13.3. The third kappa shape index (κ3) is 5.09. The molecule has 0 N–H and O–H groups in total. The fraction of sp³-hybridized carbons (Fsp3) is 0.125. The minimum atomic E-state index is -0.875. The van der Waals surface area contributed by atoms with Gasteiger partial charge in [0, 0.05) is 15.1 Å². The molecular weight excluding hydrogens is 588 g/mol. The van der Waals surface area contributed by atoms with Crippen molar-refractivity contribution in [2.45, 2.75) is 18.8 Å². The van der Waals surface area contributed by atoms with Crippen molar-refractivity contribution in [3.8, 4) is 11.5 Å². The number of hydrogen-bond acceptors (Lipinski definition) is 6. The van der Waals surface area contributed by atoms with Crippen LogP contribution in [0.1, 0.15) is 16.6 Å². The fourth-order valence-corrected chi connectivity index (χ4v) is 5.60. The molecule has 1 saturated heterocycles. The molecular formula is C24H14Cl5N3O3S. The Morgan fingerprint density at radius 2 is 1.50 bits per heavy atom. The Hall–Kier alpha value is -2.26. The number of benzene rings is 3. The molecule has 0 saturated carbocycles. The predicted molar refractivity (Wildman–Crippen MR) is 143 cm³/mol. The molecule has 0 aliphatic carbocycles. The van der Waals surface area contributed by atoms with Crippen LogP contribution in [0.3, 0.4) is 0 Å². The molecule has 3 aromatic carbocycles. The molecule has 2 unspecified atom stereocenters. The Morgan fingerprint density at radius 1 is 0.833 bits per heavy atom. The van der Waals surface area contributed by atoms with Gasteiger partial charge in [0.05, 0.1) is 10.0 Å². The summed E-state index contributed by atoms with van der Waals surface area (Å²) in [4.78, 5) is 14.8. The van der Waals surface area contributed by atoms with E-state index in [1.165, 1.54) is 16.2 Å². The normalized spacial score (nSPS) is 17.1. The third-order valence-corrected chi connectivity index (χ3v) is 7.63. The number of anilines is 1. The average molecular weight is 602 g/mol. The smallest absolute Gasteiger partial charge is 0.273 e. The standard InChI is InChI=1S/C24H14Cl5N3O3S/c25-12-5-7-18(16(28)9-12)34-11-20-30-31-24(36-20)32-21(14-3-1-2-4-15(14)27)22(23(32)33)35-19-8-6-13(26)10-17(19)29/h1-10,21-22H,11H2. The van der Waals surface area contributed by atoms with Gasteiger partial charge in [-0.05, 0) is 48.0 Å². The van der Waals surface area contributed by atoms with E-state index in [0.717, 1.165) is 0 Å². The minimum Gasteiger partial charge on any atom is -0.485 e. The van der Waals surface area contributed by atoms with Crippen molar-refractivity contribution >= 4 is 80.4 Å². The van der Waals surface area contributed by atoms with E-state index in [-0.39, 0.29) is 12.5 Å². The maximum atomic E-state index is 13.3. The van der Waals surface area contributed by atoms with E-state index in [4.69, 9.17) is 67.5 Å². The molecule has 1 amide bonds. The summed E-state index contributed by atoms with van der Waals surface area (Å²) < 4.78 is 11.8. The van der Waals surface area contributed by atoms with Crippen LogP contribution in [0.25, 0.3) is 0 Å². The molecule has 0 spiro atoms. The Morgan fingerprint density at radius 3 is 2.17 bits per heavy atom. The van der Waals surface area contributed by atoms with E-state index in [1.54, 1.807) is 42.5 Å². The molecule has 2 atom stereocenters.